The number of nitrogens with two attached hydrogens (primary N) is 1. The first-order chi connectivity index (χ1) is 4.63. The first-order valence-corrected chi connectivity index (χ1v) is 3.75. The third kappa shape index (κ3) is 7.50. The summed E-state index contributed by atoms with van der Waals surface area (Å²) in [6, 6.07) is 0.304. The lowest BCUT2D eigenvalue weighted by Gasteiger charge is -2.04. The van der Waals surface area contributed by atoms with E-state index in [2.05, 4.69) is 19.2 Å². The third-order valence-electron chi connectivity index (χ3n) is 1.13. The predicted molar refractivity (Wildman–Crippen MR) is 45.7 cm³/mol. The molecule has 0 radical (unpaired) electrons. The molecule has 0 fully saturated rings. The Labute approximate surface area is 63.5 Å². The second kappa shape index (κ2) is 5.30. The molecule has 0 aliphatic heterocycles. The maximum atomic E-state index is 5.55. The molecular formula is C8H18N2. The van der Waals surface area contributed by atoms with Crippen LogP contribution in [-0.4, -0.2) is 12.6 Å². The normalized spacial score (nSPS) is 12.4. The van der Waals surface area contributed by atoms with Crippen LogP contribution in [0.15, 0.2) is 11.8 Å². The van der Waals surface area contributed by atoms with Gasteiger partial charge in [0.2, 0.25) is 0 Å². The van der Waals surface area contributed by atoms with E-state index in [1.807, 2.05) is 13.1 Å². The molecule has 60 valence electrons. The van der Waals surface area contributed by atoms with Crippen molar-refractivity contribution in [3.8, 4) is 0 Å². The Hall–Kier alpha value is -0.500. The molecule has 0 bridgehead atoms. The molecule has 0 amide bonds. The summed E-state index contributed by atoms with van der Waals surface area (Å²) in [5.41, 5.74) is 6.84. The SMILES string of the molecule is CC(C)=CNCCC(C)N. The molecule has 10 heavy (non-hydrogen) atoms. The van der Waals surface area contributed by atoms with Gasteiger partial charge in [-0.1, -0.05) is 5.57 Å². The van der Waals surface area contributed by atoms with Gasteiger partial charge in [0.1, 0.15) is 0 Å². The van der Waals surface area contributed by atoms with Crippen molar-refractivity contribution in [1.82, 2.24) is 5.32 Å². The van der Waals surface area contributed by atoms with E-state index >= 15 is 0 Å². The fraction of sp³-hybridized carbons (Fsp3) is 0.750. The van der Waals surface area contributed by atoms with Crippen molar-refractivity contribution >= 4 is 0 Å². The Morgan fingerprint density at radius 1 is 1.60 bits per heavy atom. The maximum Gasteiger partial charge on any atom is 0.0156 e. The van der Waals surface area contributed by atoms with E-state index < -0.39 is 0 Å². The fourth-order valence-corrected chi connectivity index (χ4v) is 0.587. The first kappa shape index (κ1) is 9.50. The standard InChI is InChI=1S/C8H18N2/c1-7(2)6-10-5-4-8(3)9/h6,8,10H,4-5,9H2,1-3H3. The van der Waals surface area contributed by atoms with Gasteiger partial charge in [-0.05, 0) is 33.4 Å². The van der Waals surface area contributed by atoms with Crippen LogP contribution in [-0.2, 0) is 0 Å². The Morgan fingerprint density at radius 2 is 2.20 bits per heavy atom. The monoisotopic (exact) mass is 142 g/mol. The van der Waals surface area contributed by atoms with Crippen LogP contribution in [0.3, 0.4) is 0 Å². The van der Waals surface area contributed by atoms with Gasteiger partial charge in [-0.25, -0.2) is 0 Å². The lowest BCUT2D eigenvalue weighted by Crippen LogP contribution is -2.21. The lowest BCUT2D eigenvalue weighted by molar-refractivity contribution is 0.639. The Kier molecular flexibility index (Phi) is 5.03. The molecule has 0 aliphatic carbocycles. The molecule has 0 spiro atoms. The summed E-state index contributed by atoms with van der Waals surface area (Å²) < 4.78 is 0. The van der Waals surface area contributed by atoms with Gasteiger partial charge < -0.3 is 11.1 Å². The summed E-state index contributed by atoms with van der Waals surface area (Å²) in [5.74, 6) is 0. The van der Waals surface area contributed by atoms with Gasteiger partial charge in [0.25, 0.3) is 0 Å². The Bertz CT molecular complexity index is 102. The predicted octanol–water partition coefficient (Wildman–Crippen LogP) is 1.24. The highest BCUT2D eigenvalue weighted by atomic mass is 14.8. The van der Waals surface area contributed by atoms with Gasteiger partial charge in [-0.15, -0.1) is 0 Å². The first-order valence-electron chi connectivity index (χ1n) is 3.75. The minimum Gasteiger partial charge on any atom is -0.391 e. The summed E-state index contributed by atoms with van der Waals surface area (Å²) in [6.07, 6.45) is 3.05. The zero-order valence-electron chi connectivity index (χ0n) is 7.15. The molecule has 0 heterocycles. The number of allylic oxidation sites excluding steroid dienone is 1. The minimum atomic E-state index is 0.304. The smallest absolute Gasteiger partial charge is 0.0156 e. The van der Waals surface area contributed by atoms with E-state index in [0.29, 0.717) is 6.04 Å². The third-order valence-corrected chi connectivity index (χ3v) is 1.13. The Balaban J connectivity index is 3.13. The molecule has 3 N–H and O–H groups in total. The van der Waals surface area contributed by atoms with Crippen molar-refractivity contribution in [2.45, 2.75) is 33.2 Å². The average molecular weight is 142 g/mol. The lowest BCUT2D eigenvalue weighted by atomic mass is 10.2. The van der Waals surface area contributed by atoms with E-state index in [1.54, 1.807) is 0 Å². The maximum absolute atomic E-state index is 5.55. The number of hydrogen-bond donors (Lipinski definition) is 2. The van der Waals surface area contributed by atoms with E-state index in [-0.39, 0.29) is 0 Å². The second-order valence-electron chi connectivity index (χ2n) is 2.94. The van der Waals surface area contributed by atoms with Crippen LogP contribution in [0, 0.1) is 0 Å². The Morgan fingerprint density at radius 3 is 2.60 bits per heavy atom. The van der Waals surface area contributed by atoms with Crippen molar-refractivity contribution < 1.29 is 0 Å². The summed E-state index contributed by atoms with van der Waals surface area (Å²) >= 11 is 0. The van der Waals surface area contributed by atoms with E-state index in [4.69, 9.17) is 5.73 Å². The number of nitrogens with one attached hydrogen (secondary N) is 1. The van der Waals surface area contributed by atoms with Crippen molar-refractivity contribution in [3.63, 3.8) is 0 Å². The van der Waals surface area contributed by atoms with Crippen LogP contribution in [0.1, 0.15) is 27.2 Å². The molecule has 2 heteroatoms. The van der Waals surface area contributed by atoms with Crippen LogP contribution in [0.2, 0.25) is 0 Å². The zero-order valence-corrected chi connectivity index (χ0v) is 7.15. The summed E-state index contributed by atoms with van der Waals surface area (Å²) in [7, 11) is 0. The molecule has 0 saturated heterocycles. The van der Waals surface area contributed by atoms with Gasteiger partial charge in [0.15, 0.2) is 0 Å². The topological polar surface area (TPSA) is 38.0 Å². The van der Waals surface area contributed by atoms with Crippen molar-refractivity contribution in [1.29, 1.82) is 0 Å². The molecule has 0 aromatic heterocycles. The number of hydrogen-bond acceptors (Lipinski definition) is 2. The fourth-order valence-electron chi connectivity index (χ4n) is 0.587. The molecule has 0 rings (SSSR count). The molecule has 2 nitrogen and oxygen atoms in total. The summed E-state index contributed by atoms with van der Waals surface area (Å²) in [5, 5.41) is 3.17. The number of rotatable bonds is 4. The summed E-state index contributed by atoms with van der Waals surface area (Å²) in [4.78, 5) is 0. The quantitative estimate of drug-likeness (QED) is 0.579. The van der Waals surface area contributed by atoms with Gasteiger partial charge in [-0.3, -0.25) is 0 Å². The second-order valence-corrected chi connectivity index (χ2v) is 2.94. The van der Waals surface area contributed by atoms with Gasteiger partial charge in [0, 0.05) is 12.6 Å². The van der Waals surface area contributed by atoms with Crippen LogP contribution in [0.5, 0.6) is 0 Å². The average Bonchev–Trinajstić information content (AvgIpc) is 1.79. The molecule has 0 saturated carbocycles. The van der Waals surface area contributed by atoms with E-state index in [1.165, 1.54) is 5.57 Å². The van der Waals surface area contributed by atoms with Gasteiger partial charge in [-0.2, -0.15) is 0 Å². The van der Waals surface area contributed by atoms with Crippen LogP contribution in [0.25, 0.3) is 0 Å². The van der Waals surface area contributed by atoms with Gasteiger partial charge >= 0.3 is 0 Å². The highest BCUT2D eigenvalue weighted by Crippen LogP contribution is 1.86. The van der Waals surface area contributed by atoms with Crippen molar-refractivity contribution in [3.05, 3.63) is 11.8 Å². The van der Waals surface area contributed by atoms with E-state index in [9.17, 15) is 0 Å². The molecular weight excluding hydrogens is 124 g/mol. The summed E-state index contributed by atoms with van der Waals surface area (Å²) in [6.45, 7) is 7.13. The highest BCUT2D eigenvalue weighted by Gasteiger charge is 1.89. The van der Waals surface area contributed by atoms with Crippen molar-refractivity contribution in [2.75, 3.05) is 6.54 Å². The van der Waals surface area contributed by atoms with E-state index in [0.717, 1.165) is 13.0 Å². The largest absolute Gasteiger partial charge is 0.391 e. The minimum absolute atomic E-state index is 0.304. The van der Waals surface area contributed by atoms with Crippen LogP contribution < -0.4 is 11.1 Å². The molecule has 1 unspecified atom stereocenters. The van der Waals surface area contributed by atoms with Crippen LogP contribution in [0.4, 0.5) is 0 Å². The zero-order chi connectivity index (χ0) is 7.98. The van der Waals surface area contributed by atoms with Crippen molar-refractivity contribution in [2.24, 2.45) is 5.73 Å². The molecule has 0 aromatic carbocycles. The molecule has 0 aromatic rings. The highest BCUT2D eigenvalue weighted by molar-refractivity contribution is 4.90. The molecule has 0 aliphatic rings. The molecule has 1 atom stereocenters. The van der Waals surface area contributed by atoms with Crippen LogP contribution >= 0.6 is 0 Å². The van der Waals surface area contributed by atoms with Gasteiger partial charge in [0.05, 0.1) is 0 Å².